The normalized spacial score (nSPS) is 14.0. The number of amides is 3. The van der Waals surface area contributed by atoms with Crippen molar-refractivity contribution in [2.45, 2.75) is 31.3 Å². The second-order valence-electron chi connectivity index (χ2n) is 7.98. The Hall–Kier alpha value is -3.93. The van der Waals surface area contributed by atoms with Crippen LogP contribution in [0.1, 0.15) is 29.5 Å². The van der Waals surface area contributed by atoms with Crippen LogP contribution >= 0.6 is 0 Å². The number of rotatable bonds is 7. The maximum absolute atomic E-state index is 13.2. The number of nitrogens with two attached hydrogens (primary N) is 1. The van der Waals surface area contributed by atoms with Crippen molar-refractivity contribution in [1.82, 2.24) is 10.6 Å². The summed E-state index contributed by atoms with van der Waals surface area (Å²) in [4.78, 5) is 37.6. The Labute approximate surface area is 186 Å². The molecule has 0 aromatic heterocycles. The number of hydrogen-bond acceptors (Lipinski definition) is 3. The number of primary amides is 1. The van der Waals surface area contributed by atoms with Crippen LogP contribution in [0.25, 0.3) is 11.1 Å². The minimum atomic E-state index is -0.959. The summed E-state index contributed by atoms with van der Waals surface area (Å²) >= 11 is 0. The van der Waals surface area contributed by atoms with E-state index in [1.165, 1.54) is 6.92 Å². The van der Waals surface area contributed by atoms with E-state index in [2.05, 4.69) is 10.6 Å². The van der Waals surface area contributed by atoms with Crippen molar-refractivity contribution >= 4 is 17.7 Å². The average molecular weight is 428 g/mol. The average Bonchev–Trinajstić information content (AvgIpc) is 3.11. The van der Waals surface area contributed by atoms with Crippen molar-refractivity contribution < 1.29 is 14.4 Å². The molecule has 0 heterocycles. The van der Waals surface area contributed by atoms with Gasteiger partial charge in [0.1, 0.15) is 12.1 Å². The third-order valence-electron chi connectivity index (χ3n) is 5.80. The molecule has 6 nitrogen and oxygen atoms in total. The zero-order valence-electron chi connectivity index (χ0n) is 17.7. The van der Waals surface area contributed by atoms with Gasteiger partial charge in [0, 0.05) is 19.3 Å². The highest BCUT2D eigenvalue weighted by Gasteiger charge is 2.38. The SMILES string of the molecule is CC(=O)N[C@H](Cc1ccccc1)C(=O)N[C@@H](C(N)=O)C1c2ccccc2-c2ccccc21. The van der Waals surface area contributed by atoms with Crippen LogP contribution in [0.3, 0.4) is 0 Å². The lowest BCUT2D eigenvalue weighted by Gasteiger charge is -2.26. The molecule has 2 atom stereocenters. The van der Waals surface area contributed by atoms with Gasteiger partial charge in [0.25, 0.3) is 0 Å². The summed E-state index contributed by atoms with van der Waals surface area (Å²) in [6.07, 6.45) is 0.301. The molecular weight excluding hydrogens is 402 g/mol. The van der Waals surface area contributed by atoms with E-state index in [1.54, 1.807) is 0 Å². The van der Waals surface area contributed by atoms with Gasteiger partial charge in [0.15, 0.2) is 0 Å². The third-order valence-corrected chi connectivity index (χ3v) is 5.80. The lowest BCUT2D eigenvalue weighted by atomic mass is 9.88. The zero-order valence-corrected chi connectivity index (χ0v) is 17.7. The molecule has 0 saturated heterocycles. The molecule has 162 valence electrons. The molecule has 3 aromatic rings. The minimum absolute atomic E-state index is 0.301. The molecule has 1 aliphatic rings. The van der Waals surface area contributed by atoms with E-state index in [4.69, 9.17) is 5.73 Å². The molecule has 0 spiro atoms. The molecule has 1 aliphatic carbocycles. The van der Waals surface area contributed by atoms with E-state index in [9.17, 15) is 14.4 Å². The predicted molar refractivity (Wildman–Crippen MR) is 123 cm³/mol. The Morgan fingerprint density at radius 1 is 0.812 bits per heavy atom. The highest BCUT2D eigenvalue weighted by molar-refractivity contribution is 5.94. The maximum Gasteiger partial charge on any atom is 0.243 e. The summed E-state index contributed by atoms with van der Waals surface area (Å²) < 4.78 is 0. The second-order valence-corrected chi connectivity index (χ2v) is 7.98. The van der Waals surface area contributed by atoms with Gasteiger partial charge in [0.05, 0.1) is 0 Å². The van der Waals surface area contributed by atoms with E-state index in [0.29, 0.717) is 6.42 Å². The molecule has 3 aromatic carbocycles. The first-order valence-corrected chi connectivity index (χ1v) is 10.5. The van der Waals surface area contributed by atoms with Crippen molar-refractivity contribution in [3.8, 4) is 11.1 Å². The molecular formula is C26H25N3O3. The zero-order chi connectivity index (χ0) is 22.7. The third kappa shape index (κ3) is 4.25. The summed E-state index contributed by atoms with van der Waals surface area (Å²) in [5, 5.41) is 5.54. The first kappa shape index (κ1) is 21.3. The van der Waals surface area contributed by atoms with Gasteiger partial charge in [-0.2, -0.15) is 0 Å². The van der Waals surface area contributed by atoms with Crippen LogP contribution in [0, 0.1) is 0 Å². The van der Waals surface area contributed by atoms with Crippen molar-refractivity contribution in [2.75, 3.05) is 0 Å². The van der Waals surface area contributed by atoms with Crippen molar-refractivity contribution in [3.63, 3.8) is 0 Å². The van der Waals surface area contributed by atoms with Gasteiger partial charge >= 0.3 is 0 Å². The van der Waals surface area contributed by atoms with Crippen molar-refractivity contribution in [3.05, 3.63) is 95.6 Å². The quantitative estimate of drug-likeness (QED) is 0.540. The van der Waals surface area contributed by atoms with Crippen LogP contribution in [0.2, 0.25) is 0 Å². The van der Waals surface area contributed by atoms with Gasteiger partial charge in [-0.05, 0) is 27.8 Å². The Morgan fingerprint density at radius 3 is 1.88 bits per heavy atom. The number of fused-ring (bicyclic) bond motifs is 3. The Kier molecular flexibility index (Phi) is 6.03. The number of carbonyl (C=O) groups is 3. The smallest absolute Gasteiger partial charge is 0.243 e. The van der Waals surface area contributed by atoms with Crippen LogP contribution in [0.5, 0.6) is 0 Å². The lowest BCUT2D eigenvalue weighted by Crippen LogP contribution is -2.55. The van der Waals surface area contributed by atoms with Crippen LogP contribution in [0.4, 0.5) is 0 Å². The van der Waals surface area contributed by atoms with Crippen LogP contribution < -0.4 is 16.4 Å². The molecule has 32 heavy (non-hydrogen) atoms. The molecule has 0 unspecified atom stereocenters. The second kappa shape index (κ2) is 9.06. The summed E-state index contributed by atoms with van der Waals surface area (Å²) in [5.74, 6) is -1.81. The molecule has 0 fully saturated rings. The molecule has 0 saturated carbocycles. The lowest BCUT2D eigenvalue weighted by molar-refractivity contribution is -0.131. The molecule has 6 heteroatoms. The number of carbonyl (C=O) groups excluding carboxylic acids is 3. The fraction of sp³-hybridized carbons (Fsp3) is 0.192. The van der Waals surface area contributed by atoms with E-state index < -0.39 is 29.8 Å². The maximum atomic E-state index is 13.2. The summed E-state index contributed by atoms with van der Waals surface area (Å²) in [6, 6.07) is 23.2. The highest BCUT2D eigenvalue weighted by atomic mass is 16.2. The molecule has 3 amide bonds. The summed E-state index contributed by atoms with van der Waals surface area (Å²) in [6.45, 7) is 1.36. The Bertz CT molecular complexity index is 1110. The van der Waals surface area contributed by atoms with E-state index >= 15 is 0 Å². The van der Waals surface area contributed by atoms with Gasteiger partial charge in [-0.25, -0.2) is 0 Å². The van der Waals surface area contributed by atoms with Gasteiger partial charge in [-0.15, -0.1) is 0 Å². The Balaban J connectivity index is 1.65. The first-order chi connectivity index (χ1) is 15.5. The number of nitrogens with one attached hydrogen (secondary N) is 2. The molecule has 0 bridgehead atoms. The van der Waals surface area contributed by atoms with Gasteiger partial charge in [-0.3, -0.25) is 14.4 Å². The van der Waals surface area contributed by atoms with Crippen molar-refractivity contribution in [1.29, 1.82) is 0 Å². The summed E-state index contributed by atoms with van der Waals surface area (Å²) in [7, 11) is 0. The first-order valence-electron chi connectivity index (χ1n) is 10.5. The van der Waals surface area contributed by atoms with E-state index in [-0.39, 0.29) is 5.91 Å². The van der Waals surface area contributed by atoms with Crippen LogP contribution in [-0.2, 0) is 20.8 Å². The summed E-state index contributed by atoms with van der Waals surface area (Å²) in [5.41, 5.74) is 10.6. The van der Waals surface area contributed by atoms with Gasteiger partial charge in [0.2, 0.25) is 17.7 Å². The fourth-order valence-corrected chi connectivity index (χ4v) is 4.43. The molecule has 0 aliphatic heterocycles. The van der Waals surface area contributed by atoms with E-state index in [1.807, 2.05) is 78.9 Å². The predicted octanol–water partition coefficient (Wildman–Crippen LogP) is 2.52. The Morgan fingerprint density at radius 2 is 1.34 bits per heavy atom. The standard InChI is InChI=1S/C26H25N3O3/c1-16(30)28-22(15-17-9-3-2-4-10-17)26(32)29-24(25(27)31)23-20-13-7-5-11-18(20)19-12-6-8-14-21(19)23/h2-14,22-24H,15H2,1H3,(H2,27,31)(H,28,30)(H,29,32)/t22-,24-/m1/s1. The largest absolute Gasteiger partial charge is 0.368 e. The molecule has 4 rings (SSSR count). The monoisotopic (exact) mass is 427 g/mol. The topological polar surface area (TPSA) is 101 Å². The van der Waals surface area contributed by atoms with Gasteiger partial charge in [-0.1, -0.05) is 78.9 Å². The van der Waals surface area contributed by atoms with Crippen molar-refractivity contribution in [2.24, 2.45) is 5.73 Å². The van der Waals surface area contributed by atoms with Gasteiger partial charge < -0.3 is 16.4 Å². The highest BCUT2D eigenvalue weighted by Crippen LogP contribution is 2.46. The van der Waals surface area contributed by atoms with Crippen LogP contribution in [0.15, 0.2) is 78.9 Å². The minimum Gasteiger partial charge on any atom is -0.368 e. The number of hydrogen-bond donors (Lipinski definition) is 3. The fourth-order valence-electron chi connectivity index (χ4n) is 4.43. The molecule has 4 N–H and O–H groups in total. The number of benzene rings is 3. The van der Waals surface area contributed by atoms with Crippen LogP contribution in [-0.4, -0.2) is 29.8 Å². The van der Waals surface area contributed by atoms with E-state index in [0.717, 1.165) is 27.8 Å². The molecule has 0 radical (unpaired) electrons.